The number of ether oxygens (including phenoxy) is 1. The molecule has 2 heterocycles. The second-order valence-electron chi connectivity index (χ2n) is 2.90. The van der Waals surface area contributed by atoms with Crippen LogP contribution in [0.4, 0.5) is 0 Å². The van der Waals surface area contributed by atoms with Crippen molar-refractivity contribution in [2.75, 3.05) is 26.9 Å². The van der Waals surface area contributed by atoms with E-state index < -0.39 is 0 Å². The predicted octanol–water partition coefficient (Wildman–Crippen LogP) is 0.378. The Kier molecular flexibility index (Phi) is 2.56. The molecule has 1 saturated heterocycles. The highest BCUT2D eigenvalue weighted by atomic mass is 16.6. The Bertz CT molecular complexity index is 236. The molecule has 0 aliphatic carbocycles. The smallest absolute Gasteiger partial charge is 0.499 e. The summed E-state index contributed by atoms with van der Waals surface area (Å²) in [4.78, 5) is 1.96. The van der Waals surface area contributed by atoms with Crippen molar-refractivity contribution in [1.29, 1.82) is 0 Å². The first-order valence-corrected chi connectivity index (χ1v) is 4.30. The van der Waals surface area contributed by atoms with Gasteiger partial charge in [0.1, 0.15) is 5.76 Å². The Morgan fingerprint density at radius 1 is 1.46 bits per heavy atom. The van der Waals surface area contributed by atoms with Crippen LogP contribution < -0.4 is 0 Å². The molecule has 2 aliphatic rings. The molecule has 13 heavy (non-hydrogen) atoms. The lowest BCUT2D eigenvalue weighted by molar-refractivity contribution is 0.240. The van der Waals surface area contributed by atoms with Gasteiger partial charge in [-0.05, 0) is 18.4 Å². The third kappa shape index (κ3) is 1.87. The van der Waals surface area contributed by atoms with Crippen molar-refractivity contribution in [1.82, 2.24) is 4.81 Å². The molecule has 0 spiro atoms. The summed E-state index contributed by atoms with van der Waals surface area (Å²) in [6.45, 7) is 2.04. The van der Waals surface area contributed by atoms with Crippen molar-refractivity contribution in [3.63, 3.8) is 0 Å². The summed E-state index contributed by atoms with van der Waals surface area (Å²) in [5.41, 5.74) is 0. The van der Waals surface area contributed by atoms with Gasteiger partial charge < -0.3 is 18.9 Å². The van der Waals surface area contributed by atoms with E-state index >= 15 is 0 Å². The highest BCUT2D eigenvalue weighted by Crippen LogP contribution is 2.13. The van der Waals surface area contributed by atoms with Crippen LogP contribution in [0.2, 0.25) is 0 Å². The monoisotopic (exact) mass is 181 g/mol. The molecule has 4 nitrogen and oxygen atoms in total. The lowest BCUT2D eigenvalue weighted by atomic mass is 10.0. The van der Waals surface area contributed by atoms with Gasteiger partial charge in [0, 0.05) is 0 Å². The number of nitrogens with zero attached hydrogens (tertiary/aromatic N) is 1. The zero-order chi connectivity index (χ0) is 9.10. The van der Waals surface area contributed by atoms with Crippen LogP contribution >= 0.6 is 0 Å². The maximum Gasteiger partial charge on any atom is 0.593 e. The summed E-state index contributed by atoms with van der Waals surface area (Å²) >= 11 is 0. The fraction of sp³-hybridized carbons (Fsp3) is 0.500. The Morgan fingerprint density at radius 3 is 2.92 bits per heavy atom. The molecule has 0 aromatic heterocycles. The Hall–Kier alpha value is -0.935. The first-order valence-electron chi connectivity index (χ1n) is 4.30. The lowest BCUT2D eigenvalue weighted by Gasteiger charge is -2.24. The molecule has 0 aromatic carbocycles. The first-order chi connectivity index (χ1) is 6.40. The van der Waals surface area contributed by atoms with Gasteiger partial charge in [-0.1, -0.05) is 0 Å². The van der Waals surface area contributed by atoms with Gasteiger partial charge in [0.25, 0.3) is 0 Å². The highest BCUT2D eigenvalue weighted by Gasteiger charge is 2.32. The van der Waals surface area contributed by atoms with E-state index in [1.54, 1.807) is 7.11 Å². The quantitative estimate of drug-likeness (QED) is 0.576. The Morgan fingerprint density at radius 2 is 2.23 bits per heavy atom. The van der Waals surface area contributed by atoms with Crippen LogP contribution in [0.3, 0.4) is 0 Å². The van der Waals surface area contributed by atoms with Gasteiger partial charge >= 0.3 is 7.25 Å². The Balaban J connectivity index is 1.95. The first kappa shape index (κ1) is 8.65. The Labute approximate surface area is 77.9 Å². The third-order valence-corrected chi connectivity index (χ3v) is 2.04. The third-order valence-electron chi connectivity index (χ3n) is 2.04. The molecule has 1 fully saturated rings. The summed E-state index contributed by atoms with van der Waals surface area (Å²) in [5.74, 6) is 0.918. The van der Waals surface area contributed by atoms with E-state index in [-0.39, 0.29) is 7.25 Å². The normalized spacial score (nSPS) is 22.1. The molecular weight excluding hydrogens is 169 g/mol. The van der Waals surface area contributed by atoms with E-state index in [1.807, 2.05) is 23.2 Å². The number of hydrogen-bond acceptors (Lipinski definition) is 4. The maximum absolute atomic E-state index is 5.35. The van der Waals surface area contributed by atoms with E-state index in [1.165, 1.54) is 0 Å². The van der Waals surface area contributed by atoms with E-state index in [4.69, 9.17) is 14.0 Å². The fourth-order valence-corrected chi connectivity index (χ4v) is 1.36. The largest absolute Gasteiger partial charge is 0.593 e. The summed E-state index contributed by atoms with van der Waals surface area (Å²) < 4.78 is 15.8. The van der Waals surface area contributed by atoms with Gasteiger partial charge in [-0.2, -0.15) is 0 Å². The topological polar surface area (TPSA) is 30.9 Å². The second kappa shape index (κ2) is 3.85. The van der Waals surface area contributed by atoms with Gasteiger partial charge in [0.2, 0.25) is 0 Å². The number of methoxy groups -OCH3 is 1. The van der Waals surface area contributed by atoms with Crippen LogP contribution in [0, 0.1) is 0 Å². The van der Waals surface area contributed by atoms with E-state index in [0.717, 1.165) is 5.76 Å². The average molecular weight is 181 g/mol. The molecule has 0 amide bonds. The zero-order valence-electron chi connectivity index (χ0n) is 7.60. The number of hydrogen-bond donors (Lipinski definition) is 0. The molecule has 70 valence electrons. The van der Waals surface area contributed by atoms with E-state index in [0.29, 0.717) is 19.8 Å². The van der Waals surface area contributed by atoms with Crippen LogP contribution in [0.5, 0.6) is 0 Å². The van der Waals surface area contributed by atoms with Crippen LogP contribution in [-0.4, -0.2) is 38.9 Å². The summed E-state index contributed by atoms with van der Waals surface area (Å²) in [6.07, 6.45) is 5.80. The molecule has 2 rings (SSSR count). The van der Waals surface area contributed by atoms with Gasteiger partial charge in [-0.15, -0.1) is 0 Å². The van der Waals surface area contributed by atoms with Crippen LogP contribution in [0.25, 0.3) is 0 Å². The number of rotatable bonds is 2. The standard InChI is InChI=1S/C8H12BNO3/c1-11-8-3-2-4-10(7-8)9-12-5-6-13-9/h2-4H,5-7H2,1H3. The molecule has 2 aliphatic heterocycles. The van der Waals surface area contributed by atoms with Crippen molar-refractivity contribution in [2.45, 2.75) is 0 Å². The van der Waals surface area contributed by atoms with Crippen molar-refractivity contribution in [3.05, 3.63) is 24.1 Å². The highest BCUT2D eigenvalue weighted by molar-refractivity contribution is 6.42. The maximum atomic E-state index is 5.35. The SMILES string of the molecule is COC1=CC=CN(B2OCCO2)C1. The fourth-order valence-electron chi connectivity index (χ4n) is 1.36. The van der Waals surface area contributed by atoms with Crippen LogP contribution in [0.1, 0.15) is 0 Å². The molecule has 5 heteroatoms. The van der Waals surface area contributed by atoms with Crippen molar-refractivity contribution >= 4 is 7.25 Å². The minimum Gasteiger partial charge on any atom is -0.499 e. The molecule has 0 atom stereocenters. The number of allylic oxidation sites excluding steroid dienone is 2. The van der Waals surface area contributed by atoms with Crippen LogP contribution in [0.15, 0.2) is 24.1 Å². The van der Waals surface area contributed by atoms with Gasteiger partial charge in [0.05, 0.1) is 26.9 Å². The van der Waals surface area contributed by atoms with Gasteiger partial charge in [0.15, 0.2) is 0 Å². The lowest BCUT2D eigenvalue weighted by Crippen LogP contribution is -2.39. The molecule has 0 unspecified atom stereocenters. The van der Waals surface area contributed by atoms with Crippen molar-refractivity contribution in [2.24, 2.45) is 0 Å². The molecule has 0 bridgehead atoms. The zero-order valence-corrected chi connectivity index (χ0v) is 7.60. The molecular formula is C8H12BNO3. The molecule has 0 aromatic rings. The minimum absolute atomic E-state index is 0.241. The summed E-state index contributed by atoms with van der Waals surface area (Å²) in [7, 11) is 1.43. The molecule has 0 radical (unpaired) electrons. The average Bonchev–Trinajstić information content (AvgIpc) is 2.71. The van der Waals surface area contributed by atoms with Gasteiger partial charge in [-0.25, -0.2) is 0 Å². The van der Waals surface area contributed by atoms with E-state index in [2.05, 4.69) is 0 Å². The molecule has 0 N–H and O–H groups in total. The summed E-state index contributed by atoms with van der Waals surface area (Å²) in [5, 5.41) is 0. The van der Waals surface area contributed by atoms with Crippen LogP contribution in [-0.2, 0) is 14.0 Å². The molecule has 0 saturated carbocycles. The minimum atomic E-state index is -0.241. The second-order valence-corrected chi connectivity index (χ2v) is 2.90. The predicted molar refractivity (Wildman–Crippen MR) is 48.6 cm³/mol. The van der Waals surface area contributed by atoms with Crippen molar-refractivity contribution < 1.29 is 14.0 Å². The van der Waals surface area contributed by atoms with Gasteiger partial charge in [-0.3, -0.25) is 0 Å². The van der Waals surface area contributed by atoms with E-state index in [9.17, 15) is 0 Å². The summed E-state index contributed by atoms with van der Waals surface area (Å²) in [6, 6.07) is 0. The van der Waals surface area contributed by atoms with Crippen molar-refractivity contribution in [3.8, 4) is 0 Å².